The van der Waals surface area contributed by atoms with Crippen molar-refractivity contribution >= 4 is 17.2 Å². The molecule has 21 heavy (non-hydrogen) atoms. The summed E-state index contributed by atoms with van der Waals surface area (Å²) in [6, 6.07) is 0. The zero-order valence-corrected chi connectivity index (χ0v) is 13.6. The highest BCUT2D eigenvalue weighted by Gasteiger charge is 2.18. The maximum Gasteiger partial charge on any atom is 0.190 e. The Morgan fingerprint density at radius 2 is 2.00 bits per heavy atom. The lowest BCUT2D eigenvalue weighted by Crippen LogP contribution is -2.10. The van der Waals surface area contributed by atoms with Crippen molar-refractivity contribution in [2.24, 2.45) is 0 Å². The van der Waals surface area contributed by atoms with E-state index in [0.717, 1.165) is 48.2 Å². The Morgan fingerprint density at radius 3 is 2.76 bits per heavy atom. The van der Waals surface area contributed by atoms with E-state index < -0.39 is 0 Å². The first-order chi connectivity index (χ1) is 10.3. The normalized spacial score (nSPS) is 14.6. The Morgan fingerprint density at radius 1 is 1.14 bits per heavy atom. The second kappa shape index (κ2) is 6.52. The molecule has 2 aromatic heterocycles. The van der Waals surface area contributed by atoms with E-state index in [4.69, 9.17) is 9.97 Å². The molecule has 3 rings (SSSR count). The number of aryl methyl sites for hydroxylation is 2. The van der Waals surface area contributed by atoms with Gasteiger partial charge in [0.2, 0.25) is 0 Å². The largest absolute Gasteiger partial charge is 0.370 e. The van der Waals surface area contributed by atoms with Crippen molar-refractivity contribution in [1.29, 1.82) is 0 Å². The Hall–Kier alpha value is -1.49. The molecule has 2 heterocycles. The second-order valence-electron chi connectivity index (χ2n) is 5.60. The summed E-state index contributed by atoms with van der Waals surface area (Å²) < 4.78 is 0. The average molecular weight is 302 g/mol. The number of fused-ring (bicyclic) bond motifs is 1. The van der Waals surface area contributed by atoms with E-state index in [-0.39, 0.29) is 0 Å². The van der Waals surface area contributed by atoms with E-state index in [2.05, 4.69) is 22.6 Å². The minimum absolute atomic E-state index is 0.785. The monoisotopic (exact) mass is 302 g/mol. The number of nitrogens with one attached hydrogen (secondary N) is 1. The van der Waals surface area contributed by atoms with Gasteiger partial charge in [-0.3, -0.25) is 0 Å². The maximum atomic E-state index is 4.82. The van der Waals surface area contributed by atoms with Crippen molar-refractivity contribution < 1.29 is 0 Å². The van der Waals surface area contributed by atoms with E-state index in [1.807, 2.05) is 6.92 Å². The summed E-state index contributed by atoms with van der Waals surface area (Å²) in [6.07, 6.45) is 7.02. The molecular formula is C16H22N4S. The van der Waals surface area contributed by atoms with E-state index in [1.165, 1.54) is 30.5 Å². The van der Waals surface area contributed by atoms with Crippen molar-refractivity contribution in [3.8, 4) is 10.8 Å². The first-order valence-electron chi connectivity index (χ1n) is 7.84. The SMILES string of the molecule is CCCNc1nc(-c2nc(C)cs2)nc2c1CCCCC2. The topological polar surface area (TPSA) is 50.7 Å². The Bertz CT molecular complexity index is 621. The predicted octanol–water partition coefficient (Wildman–Crippen LogP) is 4.00. The van der Waals surface area contributed by atoms with Crippen LogP contribution in [-0.2, 0) is 12.8 Å². The van der Waals surface area contributed by atoms with Crippen LogP contribution in [0.15, 0.2) is 5.38 Å². The quantitative estimate of drug-likeness (QED) is 0.867. The first-order valence-corrected chi connectivity index (χ1v) is 8.72. The van der Waals surface area contributed by atoms with Gasteiger partial charge in [0, 0.05) is 28.9 Å². The molecule has 0 fully saturated rings. The number of hydrogen-bond donors (Lipinski definition) is 1. The van der Waals surface area contributed by atoms with Gasteiger partial charge in [-0.2, -0.15) is 0 Å². The van der Waals surface area contributed by atoms with E-state index >= 15 is 0 Å². The smallest absolute Gasteiger partial charge is 0.190 e. The lowest BCUT2D eigenvalue weighted by Gasteiger charge is -2.13. The van der Waals surface area contributed by atoms with Gasteiger partial charge in [-0.25, -0.2) is 15.0 Å². The van der Waals surface area contributed by atoms with Crippen molar-refractivity contribution in [1.82, 2.24) is 15.0 Å². The average Bonchev–Trinajstić information content (AvgIpc) is 2.78. The molecule has 0 unspecified atom stereocenters. The Labute approximate surface area is 130 Å². The fourth-order valence-electron chi connectivity index (χ4n) is 2.71. The summed E-state index contributed by atoms with van der Waals surface area (Å²) in [5, 5.41) is 6.48. The standard InChI is InChI=1S/C16H22N4S/c1-3-9-17-14-12-7-5-4-6-8-13(12)19-15(20-14)16-18-11(2)10-21-16/h10H,3-9H2,1-2H3,(H,17,19,20). The number of thiazole rings is 1. The molecule has 1 aliphatic rings. The van der Waals surface area contributed by atoms with Gasteiger partial charge in [0.15, 0.2) is 10.8 Å². The van der Waals surface area contributed by atoms with Gasteiger partial charge in [-0.1, -0.05) is 13.3 Å². The highest BCUT2D eigenvalue weighted by molar-refractivity contribution is 7.13. The third-order valence-electron chi connectivity index (χ3n) is 3.79. The van der Waals surface area contributed by atoms with Crippen LogP contribution in [0.1, 0.15) is 49.6 Å². The highest BCUT2D eigenvalue weighted by atomic mass is 32.1. The molecule has 0 amide bonds. The Balaban J connectivity index is 2.03. The fourth-order valence-corrected chi connectivity index (χ4v) is 3.44. The maximum absolute atomic E-state index is 4.82. The van der Waals surface area contributed by atoms with Crippen LogP contribution in [0.4, 0.5) is 5.82 Å². The molecule has 0 saturated heterocycles. The summed E-state index contributed by atoms with van der Waals surface area (Å²) in [5.41, 5.74) is 3.60. The Kier molecular flexibility index (Phi) is 4.48. The summed E-state index contributed by atoms with van der Waals surface area (Å²) >= 11 is 1.63. The summed E-state index contributed by atoms with van der Waals surface area (Å²) in [5.74, 6) is 1.82. The first kappa shape index (κ1) is 14.4. The molecule has 1 N–H and O–H groups in total. The van der Waals surface area contributed by atoms with Gasteiger partial charge >= 0.3 is 0 Å². The van der Waals surface area contributed by atoms with Crippen LogP contribution in [0.25, 0.3) is 10.8 Å². The number of nitrogens with zero attached hydrogens (tertiary/aromatic N) is 3. The fraction of sp³-hybridized carbons (Fsp3) is 0.562. The number of hydrogen-bond acceptors (Lipinski definition) is 5. The van der Waals surface area contributed by atoms with Crippen molar-refractivity contribution in [2.45, 2.75) is 52.4 Å². The van der Waals surface area contributed by atoms with Crippen LogP contribution >= 0.6 is 11.3 Å². The minimum atomic E-state index is 0.785. The van der Waals surface area contributed by atoms with Gasteiger partial charge in [0.05, 0.1) is 0 Å². The van der Waals surface area contributed by atoms with Gasteiger partial charge in [0.25, 0.3) is 0 Å². The van der Waals surface area contributed by atoms with Crippen molar-refractivity contribution in [3.63, 3.8) is 0 Å². The molecule has 1 aliphatic carbocycles. The molecule has 2 aromatic rings. The third-order valence-corrected chi connectivity index (χ3v) is 4.74. The lowest BCUT2D eigenvalue weighted by atomic mass is 10.1. The molecule has 4 nitrogen and oxygen atoms in total. The molecule has 0 bridgehead atoms. The molecule has 0 aromatic carbocycles. The zero-order chi connectivity index (χ0) is 14.7. The number of aromatic nitrogens is 3. The molecule has 0 aliphatic heterocycles. The summed E-state index contributed by atoms with van der Waals surface area (Å²) in [7, 11) is 0. The van der Waals surface area contributed by atoms with E-state index in [1.54, 1.807) is 11.3 Å². The summed E-state index contributed by atoms with van der Waals surface area (Å²) in [4.78, 5) is 14.1. The summed E-state index contributed by atoms with van der Waals surface area (Å²) in [6.45, 7) is 5.15. The van der Waals surface area contributed by atoms with Crippen LogP contribution in [0.5, 0.6) is 0 Å². The van der Waals surface area contributed by atoms with Crippen LogP contribution in [-0.4, -0.2) is 21.5 Å². The van der Waals surface area contributed by atoms with Gasteiger partial charge in [-0.15, -0.1) is 11.3 Å². The van der Waals surface area contributed by atoms with Crippen LogP contribution in [0.2, 0.25) is 0 Å². The molecule has 0 spiro atoms. The molecule has 0 radical (unpaired) electrons. The van der Waals surface area contributed by atoms with Crippen LogP contribution in [0.3, 0.4) is 0 Å². The van der Waals surface area contributed by atoms with Gasteiger partial charge < -0.3 is 5.32 Å². The molecule has 0 saturated carbocycles. The van der Waals surface area contributed by atoms with E-state index in [0.29, 0.717) is 0 Å². The lowest BCUT2D eigenvalue weighted by molar-refractivity contribution is 0.709. The predicted molar refractivity (Wildman–Crippen MR) is 87.9 cm³/mol. The third kappa shape index (κ3) is 3.23. The second-order valence-corrected chi connectivity index (χ2v) is 6.46. The molecule has 5 heteroatoms. The molecular weight excluding hydrogens is 280 g/mol. The zero-order valence-electron chi connectivity index (χ0n) is 12.8. The van der Waals surface area contributed by atoms with Crippen LogP contribution in [0, 0.1) is 6.92 Å². The minimum Gasteiger partial charge on any atom is -0.370 e. The highest BCUT2D eigenvalue weighted by Crippen LogP contribution is 2.29. The molecule has 112 valence electrons. The van der Waals surface area contributed by atoms with Crippen LogP contribution < -0.4 is 5.32 Å². The number of anilines is 1. The number of rotatable bonds is 4. The van der Waals surface area contributed by atoms with E-state index in [9.17, 15) is 0 Å². The molecule has 0 atom stereocenters. The van der Waals surface area contributed by atoms with Gasteiger partial charge in [-0.05, 0) is 39.0 Å². The van der Waals surface area contributed by atoms with Crippen molar-refractivity contribution in [2.75, 3.05) is 11.9 Å². The van der Waals surface area contributed by atoms with Gasteiger partial charge in [0.1, 0.15) is 5.82 Å². The van der Waals surface area contributed by atoms with Crippen molar-refractivity contribution in [3.05, 3.63) is 22.3 Å².